The quantitative estimate of drug-likeness (QED) is 0.422. The van der Waals surface area contributed by atoms with Gasteiger partial charge in [-0.25, -0.2) is 4.98 Å². The number of pyridine rings is 2. The molecule has 0 aliphatic rings. The van der Waals surface area contributed by atoms with Gasteiger partial charge in [0.1, 0.15) is 5.75 Å². The van der Waals surface area contributed by atoms with Crippen molar-refractivity contribution in [1.29, 1.82) is 0 Å². The van der Waals surface area contributed by atoms with Crippen molar-refractivity contribution >= 4 is 22.7 Å². The van der Waals surface area contributed by atoms with Gasteiger partial charge in [0.05, 0.1) is 22.3 Å². The van der Waals surface area contributed by atoms with Crippen LogP contribution in [0.25, 0.3) is 22.2 Å². The predicted octanol–water partition coefficient (Wildman–Crippen LogP) is 3.16. The normalized spacial score (nSPS) is 10.6. The van der Waals surface area contributed by atoms with E-state index in [0.717, 1.165) is 16.5 Å². The molecule has 0 bridgehead atoms. The first-order valence-corrected chi connectivity index (χ1v) is 9.78. The van der Waals surface area contributed by atoms with Crippen LogP contribution < -0.4 is 10.6 Å². The summed E-state index contributed by atoms with van der Waals surface area (Å²) in [7, 11) is 0. The number of hydrogen-bond acceptors (Lipinski definition) is 5. The molecule has 7 nitrogen and oxygen atoms in total. The molecule has 0 saturated carbocycles. The summed E-state index contributed by atoms with van der Waals surface area (Å²) in [5, 5.41) is 16.0. The van der Waals surface area contributed by atoms with E-state index in [9.17, 15) is 14.7 Å². The number of nitrogens with one attached hydrogen (secondary N) is 2. The number of para-hydroxylation sites is 2. The summed E-state index contributed by atoms with van der Waals surface area (Å²) in [4.78, 5) is 33.8. The maximum atomic E-state index is 12.9. The van der Waals surface area contributed by atoms with E-state index in [1.807, 2.05) is 36.4 Å². The fourth-order valence-corrected chi connectivity index (χ4v) is 3.24. The molecule has 2 aromatic heterocycles. The zero-order valence-electron chi connectivity index (χ0n) is 16.6. The highest BCUT2D eigenvalue weighted by molar-refractivity contribution is 6.07. The molecule has 0 radical (unpaired) electrons. The summed E-state index contributed by atoms with van der Waals surface area (Å²) in [5.41, 5.74) is 2.96. The first kappa shape index (κ1) is 20.0. The molecule has 154 valence electrons. The summed E-state index contributed by atoms with van der Waals surface area (Å²) in [5.74, 6) is -0.747. The largest absolute Gasteiger partial charge is 0.507 e. The van der Waals surface area contributed by atoms with Crippen LogP contribution in [0.3, 0.4) is 0 Å². The number of rotatable bonds is 6. The number of fused-ring (bicyclic) bond motifs is 1. The van der Waals surface area contributed by atoms with Crippen molar-refractivity contribution in [2.45, 2.75) is 0 Å². The number of hydrogen-bond donors (Lipinski definition) is 3. The fraction of sp³-hybridized carbons (Fsp3) is 0.0833. The first-order valence-electron chi connectivity index (χ1n) is 9.78. The molecule has 0 fully saturated rings. The fourth-order valence-electron chi connectivity index (χ4n) is 3.24. The third-order valence-corrected chi connectivity index (χ3v) is 4.78. The highest BCUT2D eigenvalue weighted by atomic mass is 16.3. The molecule has 3 N–H and O–H groups in total. The van der Waals surface area contributed by atoms with Crippen LogP contribution in [-0.4, -0.2) is 40.0 Å². The second-order valence-corrected chi connectivity index (χ2v) is 6.84. The van der Waals surface area contributed by atoms with E-state index >= 15 is 0 Å². The van der Waals surface area contributed by atoms with Crippen LogP contribution in [0.5, 0.6) is 5.75 Å². The van der Waals surface area contributed by atoms with Gasteiger partial charge in [0, 0.05) is 36.4 Å². The number of carbonyl (C=O) groups excluding carboxylic acids is 2. The Bertz CT molecular complexity index is 1240. The van der Waals surface area contributed by atoms with Crippen molar-refractivity contribution in [3.05, 3.63) is 90.3 Å². The molecule has 2 heterocycles. The summed E-state index contributed by atoms with van der Waals surface area (Å²) in [6.45, 7) is 0.457. The van der Waals surface area contributed by atoms with Crippen LogP contribution in [0, 0.1) is 0 Å². The molecule has 0 spiro atoms. The average molecular weight is 412 g/mol. The number of phenols is 1. The monoisotopic (exact) mass is 412 g/mol. The molecule has 2 amide bonds. The minimum atomic E-state index is -0.401. The van der Waals surface area contributed by atoms with Gasteiger partial charge in [-0.05, 0) is 36.4 Å². The van der Waals surface area contributed by atoms with Crippen LogP contribution in [0.1, 0.15) is 20.7 Å². The topological polar surface area (TPSA) is 104 Å². The van der Waals surface area contributed by atoms with Crippen LogP contribution in [0.15, 0.2) is 79.1 Å². The summed E-state index contributed by atoms with van der Waals surface area (Å²) in [6, 6.07) is 19.2. The summed E-state index contributed by atoms with van der Waals surface area (Å²) >= 11 is 0. The number of carbonyl (C=O) groups is 2. The van der Waals surface area contributed by atoms with E-state index in [1.54, 1.807) is 30.6 Å². The third kappa shape index (κ3) is 4.51. The van der Waals surface area contributed by atoms with Gasteiger partial charge in [-0.3, -0.25) is 14.6 Å². The Morgan fingerprint density at radius 2 is 1.45 bits per heavy atom. The number of benzene rings is 2. The van der Waals surface area contributed by atoms with E-state index in [1.165, 1.54) is 12.1 Å². The van der Waals surface area contributed by atoms with Crippen molar-refractivity contribution in [1.82, 2.24) is 20.6 Å². The molecule has 4 rings (SSSR count). The average Bonchev–Trinajstić information content (AvgIpc) is 2.81. The molecule has 7 heteroatoms. The molecule has 2 aromatic carbocycles. The van der Waals surface area contributed by atoms with Crippen molar-refractivity contribution < 1.29 is 14.7 Å². The minimum Gasteiger partial charge on any atom is -0.507 e. The molecule has 0 saturated heterocycles. The highest BCUT2D eigenvalue weighted by Gasteiger charge is 2.14. The Morgan fingerprint density at radius 3 is 2.19 bits per heavy atom. The highest BCUT2D eigenvalue weighted by Crippen LogP contribution is 2.24. The molecule has 4 aromatic rings. The number of amides is 2. The molecule has 0 unspecified atom stereocenters. The number of aromatic hydroxyl groups is 1. The minimum absolute atomic E-state index is 0.0871. The number of nitrogens with zero attached hydrogens (tertiary/aromatic N) is 2. The van der Waals surface area contributed by atoms with Crippen LogP contribution in [-0.2, 0) is 0 Å². The van der Waals surface area contributed by atoms with Crippen LogP contribution >= 0.6 is 0 Å². The van der Waals surface area contributed by atoms with E-state index < -0.39 is 5.91 Å². The number of phenolic OH excluding ortho intramolecular Hbond substituents is 1. The predicted molar refractivity (Wildman–Crippen MR) is 118 cm³/mol. The lowest BCUT2D eigenvalue weighted by Gasteiger charge is -2.11. The summed E-state index contributed by atoms with van der Waals surface area (Å²) < 4.78 is 0. The van der Waals surface area contributed by atoms with E-state index in [2.05, 4.69) is 20.6 Å². The lowest BCUT2D eigenvalue weighted by Crippen LogP contribution is -2.34. The van der Waals surface area contributed by atoms with Gasteiger partial charge in [-0.2, -0.15) is 0 Å². The Balaban J connectivity index is 1.47. The Hall–Kier alpha value is -4.26. The summed E-state index contributed by atoms with van der Waals surface area (Å²) in [6.07, 6.45) is 3.36. The molecule has 31 heavy (non-hydrogen) atoms. The molecular weight excluding hydrogens is 392 g/mol. The molecule has 0 aliphatic heterocycles. The Labute approximate surface area is 178 Å². The molecular formula is C24H20N4O3. The third-order valence-electron chi connectivity index (χ3n) is 4.78. The molecule has 0 aliphatic carbocycles. The SMILES string of the molecule is O=C(NCCNC(=O)c1cc(-c2ccncc2)nc2ccccc12)c1ccccc1O. The second kappa shape index (κ2) is 9.04. The van der Waals surface area contributed by atoms with Crippen molar-refractivity contribution in [3.8, 4) is 17.0 Å². The zero-order chi connectivity index (χ0) is 21.6. The van der Waals surface area contributed by atoms with Crippen LogP contribution in [0.4, 0.5) is 0 Å². The standard InChI is InChI=1S/C24H20N4O3/c29-22-8-4-2-6-18(22)23(30)26-13-14-27-24(31)19-15-21(16-9-11-25-12-10-16)28-20-7-3-1-5-17(19)20/h1-12,15,29H,13-14H2,(H,26,30)(H,27,31). The van der Waals surface area contributed by atoms with Crippen molar-refractivity contribution in [3.63, 3.8) is 0 Å². The van der Waals surface area contributed by atoms with Crippen molar-refractivity contribution in [2.24, 2.45) is 0 Å². The smallest absolute Gasteiger partial charge is 0.255 e. The Morgan fingerprint density at radius 1 is 0.806 bits per heavy atom. The Kier molecular flexibility index (Phi) is 5.84. The van der Waals surface area contributed by atoms with Gasteiger partial charge >= 0.3 is 0 Å². The van der Waals surface area contributed by atoms with Crippen LogP contribution in [0.2, 0.25) is 0 Å². The molecule has 0 atom stereocenters. The second-order valence-electron chi connectivity index (χ2n) is 6.84. The number of aromatic nitrogens is 2. The van der Waals surface area contributed by atoms with Gasteiger partial charge in [-0.1, -0.05) is 30.3 Å². The van der Waals surface area contributed by atoms with Gasteiger partial charge in [-0.15, -0.1) is 0 Å². The van der Waals surface area contributed by atoms with Crippen molar-refractivity contribution in [2.75, 3.05) is 13.1 Å². The van der Waals surface area contributed by atoms with E-state index in [-0.39, 0.29) is 30.3 Å². The van der Waals surface area contributed by atoms with Gasteiger partial charge in [0.15, 0.2) is 0 Å². The van der Waals surface area contributed by atoms with Gasteiger partial charge < -0.3 is 15.7 Å². The lowest BCUT2D eigenvalue weighted by atomic mass is 10.0. The van der Waals surface area contributed by atoms with Gasteiger partial charge in [0.25, 0.3) is 11.8 Å². The maximum absolute atomic E-state index is 12.9. The van der Waals surface area contributed by atoms with E-state index in [0.29, 0.717) is 11.3 Å². The van der Waals surface area contributed by atoms with E-state index in [4.69, 9.17) is 0 Å². The van der Waals surface area contributed by atoms with Gasteiger partial charge in [0.2, 0.25) is 0 Å². The zero-order valence-corrected chi connectivity index (χ0v) is 16.6. The maximum Gasteiger partial charge on any atom is 0.255 e. The first-order chi connectivity index (χ1) is 15.1. The lowest BCUT2D eigenvalue weighted by molar-refractivity contribution is 0.0927.